The summed E-state index contributed by atoms with van der Waals surface area (Å²) in [5, 5.41) is 0. The number of likely N-dealkylation sites (N-methyl/N-ethyl adjacent to an activating group) is 1. The van der Waals surface area contributed by atoms with Gasteiger partial charge in [0.2, 0.25) is 0 Å². The molecule has 0 aliphatic rings. The zero-order chi connectivity index (χ0) is 9.72. The molecule has 4 heteroatoms. The van der Waals surface area contributed by atoms with Crippen molar-refractivity contribution in [2.24, 2.45) is 0 Å². The van der Waals surface area contributed by atoms with Crippen LogP contribution in [-0.4, -0.2) is 37.2 Å². The number of hydrogen-bond acceptors (Lipinski definition) is 2. The van der Waals surface area contributed by atoms with Crippen LogP contribution in [0.2, 0.25) is 0 Å². The monoisotopic (exact) mass is 181 g/mol. The summed E-state index contributed by atoms with van der Waals surface area (Å²) >= 11 is 0. The van der Waals surface area contributed by atoms with Gasteiger partial charge >= 0.3 is 6.61 Å². The minimum atomic E-state index is -2.67. The lowest BCUT2D eigenvalue weighted by atomic mass is 10.3. The number of ether oxygens (including phenoxy) is 1. The number of rotatable bonds is 5. The molecule has 0 unspecified atom stereocenters. The van der Waals surface area contributed by atoms with E-state index in [0.29, 0.717) is 12.6 Å². The first-order valence-corrected chi connectivity index (χ1v) is 4.07. The summed E-state index contributed by atoms with van der Waals surface area (Å²) in [4.78, 5) is 1.97. The average Bonchev–Trinajstić information content (AvgIpc) is 1.84. The first kappa shape index (κ1) is 11.8. The van der Waals surface area contributed by atoms with Gasteiger partial charge in [0.25, 0.3) is 0 Å². The van der Waals surface area contributed by atoms with Crippen molar-refractivity contribution in [3.05, 3.63) is 0 Å². The second-order valence-electron chi connectivity index (χ2n) is 3.24. The molecule has 0 amide bonds. The summed E-state index contributed by atoms with van der Waals surface area (Å²) in [6, 6.07) is 0.355. The van der Waals surface area contributed by atoms with Crippen molar-refractivity contribution in [1.29, 1.82) is 0 Å². The Morgan fingerprint density at radius 3 is 2.08 bits per heavy atom. The van der Waals surface area contributed by atoms with E-state index in [-0.39, 0.29) is 0 Å². The minimum absolute atomic E-state index is 0.355. The first-order chi connectivity index (χ1) is 5.43. The van der Waals surface area contributed by atoms with Crippen molar-refractivity contribution in [2.75, 3.05) is 13.6 Å². The van der Waals surface area contributed by atoms with E-state index in [1.165, 1.54) is 0 Å². The Kier molecular flexibility index (Phi) is 5.33. The molecule has 0 rings (SSSR count). The number of alkyl halides is 2. The van der Waals surface area contributed by atoms with Gasteiger partial charge < -0.3 is 9.64 Å². The Morgan fingerprint density at radius 1 is 1.25 bits per heavy atom. The highest BCUT2D eigenvalue weighted by Crippen LogP contribution is 2.04. The van der Waals surface area contributed by atoms with Crippen LogP contribution in [0, 0.1) is 0 Å². The molecule has 0 fully saturated rings. The predicted molar refractivity (Wildman–Crippen MR) is 44.3 cm³/mol. The summed E-state index contributed by atoms with van der Waals surface area (Å²) in [6.07, 6.45) is -0.419. The van der Waals surface area contributed by atoms with Gasteiger partial charge in [-0.2, -0.15) is 8.78 Å². The fourth-order valence-electron chi connectivity index (χ4n) is 0.835. The lowest BCUT2D eigenvalue weighted by Gasteiger charge is -2.24. The fraction of sp³-hybridized carbons (Fsp3) is 1.00. The second kappa shape index (κ2) is 5.43. The first-order valence-electron chi connectivity index (χ1n) is 4.07. The lowest BCUT2D eigenvalue weighted by Crippen LogP contribution is -2.34. The molecule has 12 heavy (non-hydrogen) atoms. The second-order valence-corrected chi connectivity index (χ2v) is 3.24. The summed E-state index contributed by atoms with van der Waals surface area (Å²) in [5.74, 6) is 0. The summed E-state index contributed by atoms with van der Waals surface area (Å²) < 4.78 is 27.7. The van der Waals surface area contributed by atoms with Crippen LogP contribution >= 0.6 is 0 Å². The van der Waals surface area contributed by atoms with Gasteiger partial charge in [-0.3, -0.25) is 0 Å². The van der Waals surface area contributed by atoms with Crippen molar-refractivity contribution in [2.45, 2.75) is 39.5 Å². The van der Waals surface area contributed by atoms with Gasteiger partial charge in [-0.1, -0.05) is 0 Å². The van der Waals surface area contributed by atoms with Crippen molar-refractivity contribution >= 4 is 0 Å². The number of hydrogen-bond donors (Lipinski definition) is 0. The summed E-state index contributed by atoms with van der Waals surface area (Å²) in [7, 11) is 1.88. The molecule has 0 aromatic carbocycles. The Hall–Kier alpha value is -0.220. The van der Waals surface area contributed by atoms with Crippen molar-refractivity contribution < 1.29 is 13.5 Å². The van der Waals surface area contributed by atoms with Crippen LogP contribution in [0.5, 0.6) is 0 Å². The quantitative estimate of drug-likeness (QED) is 0.642. The van der Waals surface area contributed by atoms with E-state index in [4.69, 9.17) is 0 Å². The van der Waals surface area contributed by atoms with Gasteiger partial charge in [0.15, 0.2) is 0 Å². The van der Waals surface area contributed by atoms with Crippen LogP contribution in [0.4, 0.5) is 8.78 Å². The van der Waals surface area contributed by atoms with Gasteiger partial charge in [0, 0.05) is 12.6 Å². The fourth-order valence-corrected chi connectivity index (χ4v) is 0.835. The number of halogens is 2. The van der Waals surface area contributed by atoms with E-state index in [9.17, 15) is 8.78 Å². The minimum Gasteiger partial charge on any atom is -0.319 e. The highest BCUT2D eigenvalue weighted by Gasteiger charge is 2.13. The molecule has 0 bridgehead atoms. The molecule has 0 saturated heterocycles. The topological polar surface area (TPSA) is 12.5 Å². The van der Waals surface area contributed by atoms with Crippen LogP contribution < -0.4 is 0 Å². The maximum atomic E-state index is 11.7. The average molecular weight is 181 g/mol. The van der Waals surface area contributed by atoms with Gasteiger partial charge in [-0.25, -0.2) is 0 Å². The molecule has 0 aromatic heterocycles. The standard InChI is InChI=1S/C8H17F2NO/c1-6(2)11(4)5-7(3)12-8(9)10/h6-8H,5H2,1-4H3/t7-/m0/s1. The largest absolute Gasteiger partial charge is 0.345 e. The Morgan fingerprint density at radius 2 is 1.75 bits per heavy atom. The Bertz CT molecular complexity index is 120. The molecular formula is C8H17F2NO. The maximum absolute atomic E-state index is 11.7. The molecule has 0 N–H and O–H groups in total. The van der Waals surface area contributed by atoms with E-state index in [1.807, 2.05) is 25.8 Å². The third-order valence-corrected chi connectivity index (χ3v) is 1.76. The van der Waals surface area contributed by atoms with E-state index < -0.39 is 12.7 Å². The summed E-state index contributed by atoms with van der Waals surface area (Å²) in [5.41, 5.74) is 0. The zero-order valence-electron chi connectivity index (χ0n) is 8.05. The Balaban J connectivity index is 3.61. The highest BCUT2D eigenvalue weighted by atomic mass is 19.3. The van der Waals surface area contributed by atoms with E-state index in [0.717, 1.165) is 0 Å². The van der Waals surface area contributed by atoms with Crippen molar-refractivity contribution in [3.8, 4) is 0 Å². The zero-order valence-corrected chi connectivity index (χ0v) is 8.05. The van der Waals surface area contributed by atoms with Gasteiger partial charge in [-0.05, 0) is 27.8 Å². The summed E-state index contributed by atoms with van der Waals surface area (Å²) in [6.45, 7) is 3.53. The molecule has 0 heterocycles. The molecule has 0 aliphatic heterocycles. The van der Waals surface area contributed by atoms with Crippen LogP contribution in [0.25, 0.3) is 0 Å². The van der Waals surface area contributed by atoms with Crippen LogP contribution in [0.3, 0.4) is 0 Å². The molecule has 74 valence electrons. The Labute approximate surface area is 72.5 Å². The van der Waals surface area contributed by atoms with E-state index in [1.54, 1.807) is 6.92 Å². The number of nitrogens with zero attached hydrogens (tertiary/aromatic N) is 1. The molecule has 0 saturated carbocycles. The van der Waals surface area contributed by atoms with Gasteiger partial charge in [0.05, 0.1) is 6.10 Å². The van der Waals surface area contributed by atoms with Crippen LogP contribution in [-0.2, 0) is 4.74 Å². The maximum Gasteiger partial charge on any atom is 0.345 e. The molecule has 2 nitrogen and oxygen atoms in total. The van der Waals surface area contributed by atoms with Gasteiger partial charge in [-0.15, -0.1) is 0 Å². The normalized spacial score (nSPS) is 14.8. The molecule has 1 atom stereocenters. The van der Waals surface area contributed by atoms with E-state index in [2.05, 4.69) is 4.74 Å². The molecule has 0 aromatic rings. The van der Waals surface area contributed by atoms with E-state index >= 15 is 0 Å². The molecule has 0 radical (unpaired) electrons. The molecular weight excluding hydrogens is 164 g/mol. The van der Waals surface area contributed by atoms with Gasteiger partial charge in [0.1, 0.15) is 0 Å². The third kappa shape index (κ3) is 5.43. The lowest BCUT2D eigenvalue weighted by molar-refractivity contribution is -0.162. The van der Waals surface area contributed by atoms with Crippen molar-refractivity contribution in [3.63, 3.8) is 0 Å². The smallest absolute Gasteiger partial charge is 0.319 e. The van der Waals surface area contributed by atoms with Crippen molar-refractivity contribution in [1.82, 2.24) is 4.90 Å². The SMILES string of the molecule is CC(C)N(C)C[C@H](C)OC(F)F. The molecule has 0 aliphatic carbocycles. The predicted octanol–water partition coefficient (Wildman–Crippen LogP) is 1.95. The molecule has 0 spiro atoms. The highest BCUT2D eigenvalue weighted by molar-refractivity contribution is 4.61. The third-order valence-electron chi connectivity index (χ3n) is 1.76. The van der Waals surface area contributed by atoms with Crippen LogP contribution in [0.1, 0.15) is 20.8 Å². The van der Waals surface area contributed by atoms with Crippen LogP contribution in [0.15, 0.2) is 0 Å².